The first-order valence-corrected chi connectivity index (χ1v) is 5.73. The Balaban J connectivity index is 2.39. The second kappa shape index (κ2) is 4.65. The van der Waals surface area contributed by atoms with Gasteiger partial charge in [-0.1, -0.05) is 6.07 Å². The van der Waals surface area contributed by atoms with E-state index in [1.54, 1.807) is 0 Å². The Kier molecular flexibility index (Phi) is 3.40. The lowest BCUT2D eigenvalue weighted by Gasteiger charge is -2.12. The Labute approximate surface area is 113 Å². The van der Waals surface area contributed by atoms with Crippen molar-refractivity contribution in [2.75, 3.05) is 11.9 Å². The molecule has 0 aromatic heterocycles. The van der Waals surface area contributed by atoms with Crippen molar-refractivity contribution < 1.29 is 30.1 Å². The average Bonchev–Trinajstić information content (AvgIpc) is 2.93. The first kappa shape index (κ1) is 14.6. The van der Waals surface area contributed by atoms with Gasteiger partial charge in [0.2, 0.25) is 0 Å². The standard InChI is InChI=1S/C11H14N2O7/c1-6(15)12-8-3-2-7(4-9(8)13(18)19)11(17)10(16,5-14)20-11/h2-4,6,12,14-17H,5H2,1H3. The molecule has 0 radical (unpaired) electrons. The highest BCUT2D eigenvalue weighted by Gasteiger charge is 2.71. The van der Waals surface area contributed by atoms with E-state index in [0.29, 0.717) is 0 Å². The summed E-state index contributed by atoms with van der Waals surface area (Å²) in [7, 11) is 0. The van der Waals surface area contributed by atoms with Gasteiger partial charge in [-0.25, -0.2) is 0 Å². The fourth-order valence-electron chi connectivity index (χ4n) is 1.88. The zero-order valence-corrected chi connectivity index (χ0v) is 10.5. The van der Waals surface area contributed by atoms with Crippen molar-refractivity contribution in [2.24, 2.45) is 0 Å². The molecule has 0 spiro atoms. The summed E-state index contributed by atoms with van der Waals surface area (Å²) in [5, 5.41) is 51.1. The highest BCUT2D eigenvalue weighted by atomic mass is 16.8. The summed E-state index contributed by atoms with van der Waals surface area (Å²) in [4.78, 5) is 10.3. The molecule has 0 bridgehead atoms. The van der Waals surface area contributed by atoms with Gasteiger partial charge in [-0.15, -0.1) is 0 Å². The Bertz CT molecular complexity index is 550. The summed E-state index contributed by atoms with van der Waals surface area (Å²) in [6, 6.07) is 3.54. The molecule has 0 amide bonds. The van der Waals surface area contributed by atoms with Crippen LogP contribution in [0.3, 0.4) is 0 Å². The smallest absolute Gasteiger partial charge is 0.292 e. The topological polar surface area (TPSA) is 149 Å². The van der Waals surface area contributed by atoms with E-state index < -0.39 is 35.0 Å². The molecular formula is C11H14N2O7. The Morgan fingerprint density at radius 2 is 2.15 bits per heavy atom. The Hall–Kier alpha value is -1.78. The minimum Gasteiger partial charge on any atom is -0.391 e. The molecule has 2 rings (SSSR count). The number of hydrogen-bond donors (Lipinski definition) is 5. The van der Waals surface area contributed by atoms with Crippen molar-refractivity contribution >= 4 is 11.4 Å². The van der Waals surface area contributed by atoms with Crippen LogP contribution in [0.4, 0.5) is 11.4 Å². The summed E-state index contributed by atoms with van der Waals surface area (Å²) >= 11 is 0. The highest BCUT2D eigenvalue weighted by Crippen LogP contribution is 2.52. The molecule has 0 saturated carbocycles. The number of nitro groups is 1. The van der Waals surface area contributed by atoms with Crippen molar-refractivity contribution in [1.82, 2.24) is 0 Å². The molecule has 3 atom stereocenters. The van der Waals surface area contributed by atoms with Gasteiger partial charge in [0.25, 0.3) is 17.3 Å². The number of aliphatic hydroxyl groups excluding tert-OH is 2. The number of nitrogens with one attached hydrogen (secondary N) is 1. The molecule has 3 unspecified atom stereocenters. The number of nitro benzene ring substituents is 1. The molecule has 1 saturated heterocycles. The summed E-state index contributed by atoms with van der Waals surface area (Å²) in [6.07, 6.45) is -1.01. The highest BCUT2D eigenvalue weighted by molar-refractivity contribution is 5.63. The quantitative estimate of drug-likeness (QED) is 0.204. The van der Waals surface area contributed by atoms with Gasteiger partial charge in [-0.2, -0.15) is 0 Å². The van der Waals surface area contributed by atoms with E-state index in [4.69, 9.17) is 5.11 Å². The third-order valence-electron chi connectivity index (χ3n) is 2.97. The molecule has 1 aromatic rings. The monoisotopic (exact) mass is 286 g/mol. The van der Waals surface area contributed by atoms with Crippen molar-refractivity contribution in [2.45, 2.75) is 24.7 Å². The van der Waals surface area contributed by atoms with Gasteiger partial charge in [0.05, 0.1) is 4.92 Å². The number of benzene rings is 1. The maximum atomic E-state index is 11.0. The van der Waals surface area contributed by atoms with E-state index in [2.05, 4.69) is 10.1 Å². The van der Waals surface area contributed by atoms with Crippen LogP contribution in [0.25, 0.3) is 0 Å². The number of ether oxygens (including phenoxy) is 1. The number of aliphatic hydroxyl groups is 4. The van der Waals surface area contributed by atoms with Crippen LogP contribution in [-0.2, 0) is 10.5 Å². The predicted octanol–water partition coefficient (Wildman–Crippen LogP) is -0.799. The van der Waals surface area contributed by atoms with Crippen molar-refractivity contribution in [3.8, 4) is 0 Å². The maximum absolute atomic E-state index is 11.0. The van der Waals surface area contributed by atoms with Crippen LogP contribution in [0.1, 0.15) is 12.5 Å². The van der Waals surface area contributed by atoms with Gasteiger partial charge in [0.15, 0.2) is 0 Å². The normalized spacial score (nSPS) is 29.9. The second-order valence-electron chi connectivity index (χ2n) is 4.50. The lowest BCUT2D eigenvalue weighted by Crippen LogP contribution is -2.27. The van der Waals surface area contributed by atoms with Gasteiger partial charge in [-0.3, -0.25) is 10.1 Å². The summed E-state index contributed by atoms with van der Waals surface area (Å²) in [5.41, 5.74) is -0.435. The van der Waals surface area contributed by atoms with Crippen LogP contribution < -0.4 is 5.32 Å². The Morgan fingerprint density at radius 3 is 2.60 bits per heavy atom. The predicted molar refractivity (Wildman–Crippen MR) is 65.4 cm³/mol. The Morgan fingerprint density at radius 1 is 1.50 bits per heavy atom. The molecule has 1 heterocycles. The van der Waals surface area contributed by atoms with E-state index in [1.165, 1.54) is 19.1 Å². The molecule has 1 aromatic carbocycles. The second-order valence-corrected chi connectivity index (χ2v) is 4.50. The number of hydrogen-bond acceptors (Lipinski definition) is 8. The number of anilines is 1. The van der Waals surface area contributed by atoms with Gasteiger partial charge in [0.1, 0.15) is 18.5 Å². The lowest BCUT2D eigenvalue weighted by atomic mass is 10.0. The van der Waals surface area contributed by atoms with Crippen molar-refractivity contribution in [1.29, 1.82) is 0 Å². The van der Waals surface area contributed by atoms with Crippen LogP contribution in [-0.4, -0.2) is 44.0 Å². The first-order valence-electron chi connectivity index (χ1n) is 5.73. The molecule has 5 N–H and O–H groups in total. The molecule has 1 aliphatic heterocycles. The first-order chi connectivity index (χ1) is 9.23. The minimum atomic E-state index is -2.18. The number of rotatable bonds is 5. The molecule has 9 nitrogen and oxygen atoms in total. The van der Waals surface area contributed by atoms with Crippen LogP contribution in [0.2, 0.25) is 0 Å². The van der Waals surface area contributed by atoms with E-state index in [0.717, 1.165) is 6.07 Å². The van der Waals surface area contributed by atoms with Gasteiger partial charge in [-0.05, 0) is 13.0 Å². The van der Waals surface area contributed by atoms with E-state index in [-0.39, 0.29) is 11.3 Å². The lowest BCUT2D eigenvalue weighted by molar-refractivity contribution is -0.384. The fraction of sp³-hybridized carbons (Fsp3) is 0.455. The molecule has 20 heavy (non-hydrogen) atoms. The maximum Gasteiger partial charge on any atom is 0.292 e. The average molecular weight is 286 g/mol. The number of nitrogens with zero attached hydrogens (tertiary/aromatic N) is 1. The van der Waals surface area contributed by atoms with Gasteiger partial charge >= 0.3 is 0 Å². The fourth-order valence-corrected chi connectivity index (χ4v) is 1.88. The molecule has 9 heteroatoms. The van der Waals surface area contributed by atoms with Gasteiger partial charge in [0, 0.05) is 11.6 Å². The third-order valence-corrected chi connectivity index (χ3v) is 2.97. The van der Waals surface area contributed by atoms with Gasteiger partial charge < -0.3 is 30.5 Å². The largest absolute Gasteiger partial charge is 0.391 e. The minimum absolute atomic E-state index is 0.0468. The molecule has 0 aliphatic carbocycles. The zero-order valence-electron chi connectivity index (χ0n) is 10.5. The molecular weight excluding hydrogens is 272 g/mol. The SMILES string of the molecule is CC(O)Nc1ccc(C2(O)OC2(O)CO)cc1[N+](=O)[O-]. The summed E-state index contributed by atoms with van der Waals surface area (Å²) in [5.74, 6) is -4.35. The van der Waals surface area contributed by atoms with E-state index in [1.807, 2.05) is 0 Å². The molecule has 110 valence electrons. The summed E-state index contributed by atoms with van der Waals surface area (Å²) in [6.45, 7) is 0.532. The van der Waals surface area contributed by atoms with E-state index >= 15 is 0 Å². The van der Waals surface area contributed by atoms with Crippen molar-refractivity contribution in [3.63, 3.8) is 0 Å². The van der Waals surface area contributed by atoms with Crippen LogP contribution in [0.5, 0.6) is 0 Å². The van der Waals surface area contributed by atoms with Crippen LogP contribution in [0, 0.1) is 10.1 Å². The van der Waals surface area contributed by atoms with E-state index in [9.17, 15) is 25.4 Å². The van der Waals surface area contributed by atoms with Crippen LogP contribution in [0.15, 0.2) is 18.2 Å². The summed E-state index contributed by atoms with van der Waals surface area (Å²) < 4.78 is 4.65. The third kappa shape index (κ3) is 2.21. The molecule has 1 aliphatic rings. The molecule has 1 fully saturated rings. The zero-order chi connectivity index (χ0) is 15.1. The van der Waals surface area contributed by atoms with Crippen molar-refractivity contribution in [3.05, 3.63) is 33.9 Å². The van der Waals surface area contributed by atoms with Crippen LogP contribution >= 0.6 is 0 Å². The number of epoxide rings is 1.